The van der Waals surface area contributed by atoms with Crippen LogP contribution in [0.25, 0.3) is 0 Å². The number of allylic oxidation sites excluding steroid dienone is 2. The van der Waals surface area contributed by atoms with E-state index in [0.717, 1.165) is 54.3 Å². The van der Waals surface area contributed by atoms with Gasteiger partial charge in [0.2, 0.25) is 0 Å². The summed E-state index contributed by atoms with van der Waals surface area (Å²) >= 11 is 0. The van der Waals surface area contributed by atoms with Gasteiger partial charge in [0, 0.05) is 30.0 Å². The lowest BCUT2D eigenvalue weighted by Crippen LogP contribution is -2.38. The molecule has 6 rings (SSSR count). The number of amides is 1. The van der Waals surface area contributed by atoms with Crippen LogP contribution in [0.1, 0.15) is 60.8 Å². The largest absolute Gasteiger partial charge is 0.341 e. The molecule has 2 fully saturated rings. The van der Waals surface area contributed by atoms with Crippen LogP contribution in [-0.4, -0.2) is 35.1 Å². The summed E-state index contributed by atoms with van der Waals surface area (Å²) in [5.41, 5.74) is 3.63. The van der Waals surface area contributed by atoms with Crippen LogP contribution in [0, 0.1) is 18.2 Å². The Hall–Kier alpha value is -3.61. The summed E-state index contributed by atoms with van der Waals surface area (Å²) in [6.45, 7) is 4.64. The van der Waals surface area contributed by atoms with E-state index in [-0.39, 0.29) is 17.5 Å². The van der Waals surface area contributed by atoms with Crippen LogP contribution in [0.15, 0.2) is 65.2 Å². The third-order valence-electron chi connectivity index (χ3n) is 7.50. The molecule has 2 aromatic rings. The first-order valence-electron chi connectivity index (χ1n) is 12.6. The van der Waals surface area contributed by atoms with Crippen LogP contribution in [-0.2, 0) is 10.3 Å². The zero-order chi connectivity index (χ0) is 25.0. The number of pyridine rings is 1. The molecule has 2 heterocycles. The maximum Gasteiger partial charge on any atom is 0.252 e. The van der Waals surface area contributed by atoms with Crippen LogP contribution >= 0.6 is 0 Å². The summed E-state index contributed by atoms with van der Waals surface area (Å²) in [5, 5.41) is 3.15. The van der Waals surface area contributed by atoms with Crippen LogP contribution in [0.3, 0.4) is 0 Å². The number of amidine groups is 1. The molecule has 0 saturated heterocycles. The number of aliphatic imine (C=N–C) groups is 1. The monoisotopic (exact) mass is 483 g/mol. The van der Waals surface area contributed by atoms with Gasteiger partial charge < -0.3 is 10.2 Å². The second-order valence-corrected chi connectivity index (χ2v) is 10.2. The SMILES string of the molecule is C/C=C\C(=NC(C)C(=O)C1=C[CH]1)N1CC2CC2c2nc(C3(NC(=O)c4ccc(F)cc4)CC3)ccc21. The second-order valence-electron chi connectivity index (χ2n) is 10.2. The topological polar surface area (TPSA) is 74.7 Å². The number of halogens is 1. The van der Waals surface area contributed by atoms with E-state index in [1.165, 1.54) is 24.3 Å². The molecule has 0 bridgehead atoms. The molecule has 1 aromatic carbocycles. The normalized spacial score (nSPS) is 23.9. The highest BCUT2D eigenvalue weighted by Crippen LogP contribution is 2.55. The molecule has 3 aliphatic carbocycles. The Morgan fingerprint density at radius 3 is 2.64 bits per heavy atom. The standard InChI is InChI=1S/C29H28FN4O2/c1-3-4-25(31-17(2)27(35)18-5-6-18)34-16-20-15-22(20)26-23(34)11-12-24(32-26)29(13-14-29)33-28(36)19-7-9-21(30)10-8-19/h3-12,17,20,22H,13-16H2,1-2H3,(H,33,36)/b4-3-,31-25?. The van der Waals surface area contributed by atoms with E-state index in [9.17, 15) is 14.0 Å². The van der Waals surface area contributed by atoms with Crippen molar-refractivity contribution in [2.24, 2.45) is 10.9 Å². The fourth-order valence-electron chi connectivity index (χ4n) is 5.09. The van der Waals surface area contributed by atoms with Gasteiger partial charge in [-0.3, -0.25) is 19.6 Å². The Labute approximate surface area is 210 Å². The lowest BCUT2D eigenvalue weighted by atomic mass is 10.0. The highest BCUT2D eigenvalue weighted by molar-refractivity contribution is 6.10. The van der Waals surface area contributed by atoms with Gasteiger partial charge in [-0.1, -0.05) is 12.2 Å². The molecule has 2 saturated carbocycles. The van der Waals surface area contributed by atoms with Crippen molar-refractivity contribution in [2.75, 3.05) is 11.4 Å². The first kappa shape index (κ1) is 22.8. The molecule has 1 aromatic heterocycles. The molecular formula is C29H28FN4O2. The Balaban J connectivity index is 1.28. The smallest absolute Gasteiger partial charge is 0.252 e. The molecule has 7 heteroatoms. The highest BCUT2D eigenvalue weighted by Gasteiger charge is 2.51. The number of ketones is 1. The third-order valence-corrected chi connectivity index (χ3v) is 7.50. The van der Waals surface area contributed by atoms with Crippen molar-refractivity contribution in [3.63, 3.8) is 0 Å². The van der Waals surface area contributed by atoms with Gasteiger partial charge in [-0.25, -0.2) is 4.39 Å². The molecule has 1 aliphatic heterocycles. The van der Waals surface area contributed by atoms with Crippen LogP contribution in [0.5, 0.6) is 0 Å². The van der Waals surface area contributed by atoms with Crippen molar-refractivity contribution in [3.05, 3.63) is 89.4 Å². The molecule has 3 atom stereocenters. The maximum absolute atomic E-state index is 13.3. The van der Waals surface area contributed by atoms with Gasteiger partial charge in [0.1, 0.15) is 17.7 Å². The van der Waals surface area contributed by atoms with E-state index < -0.39 is 11.6 Å². The number of fused-ring (bicyclic) bond motifs is 3. The molecule has 36 heavy (non-hydrogen) atoms. The number of carbonyl (C=O) groups excluding carboxylic acids is 2. The number of nitrogens with zero attached hydrogens (tertiary/aromatic N) is 3. The van der Waals surface area contributed by atoms with E-state index in [1.54, 1.807) is 0 Å². The number of benzene rings is 1. The number of nitrogens with one attached hydrogen (secondary N) is 1. The molecule has 6 nitrogen and oxygen atoms in total. The van der Waals surface area contributed by atoms with Crippen molar-refractivity contribution in [1.29, 1.82) is 0 Å². The Morgan fingerprint density at radius 1 is 1.22 bits per heavy atom. The van der Waals surface area contributed by atoms with E-state index in [4.69, 9.17) is 9.98 Å². The minimum absolute atomic E-state index is 0.0413. The summed E-state index contributed by atoms with van der Waals surface area (Å²) in [6, 6.07) is 9.22. The van der Waals surface area contributed by atoms with Gasteiger partial charge in [0.05, 0.1) is 22.6 Å². The number of aromatic nitrogens is 1. The van der Waals surface area contributed by atoms with E-state index in [2.05, 4.69) is 16.3 Å². The number of hydrogen-bond donors (Lipinski definition) is 1. The minimum atomic E-state index is -0.483. The minimum Gasteiger partial charge on any atom is -0.341 e. The van der Waals surface area contributed by atoms with Crippen molar-refractivity contribution < 1.29 is 14.0 Å². The number of carbonyl (C=O) groups is 2. The molecule has 4 aliphatic rings. The number of rotatable bonds is 7. The fourth-order valence-corrected chi connectivity index (χ4v) is 5.09. The lowest BCUT2D eigenvalue weighted by Gasteiger charge is -2.31. The van der Waals surface area contributed by atoms with Crippen LogP contribution in [0.2, 0.25) is 0 Å². The lowest BCUT2D eigenvalue weighted by molar-refractivity contribution is -0.115. The highest BCUT2D eigenvalue weighted by atomic mass is 19.1. The molecule has 0 spiro atoms. The summed E-state index contributed by atoms with van der Waals surface area (Å²) in [4.78, 5) is 37.4. The predicted octanol–water partition coefficient (Wildman–Crippen LogP) is 4.64. The van der Waals surface area contributed by atoms with E-state index in [1.807, 2.05) is 44.6 Å². The predicted molar refractivity (Wildman–Crippen MR) is 136 cm³/mol. The van der Waals surface area contributed by atoms with Crippen molar-refractivity contribution in [2.45, 2.75) is 50.6 Å². The van der Waals surface area contributed by atoms with Gasteiger partial charge in [-0.05, 0) is 81.5 Å². The molecular weight excluding hydrogens is 455 g/mol. The zero-order valence-corrected chi connectivity index (χ0v) is 20.4. The third kappa shape index (κ3) is 4.16. The summed E-state index contributed by atoms with van der Waals surface area (Å²) in [5.74, 6) is 1.14. The van der Waals surface area contributed by atoms with Crippen molar-refractivity contribution in [1.82, 2.24) is 10.3 Å². The molecule has 183 valence electrons. The van der Waals surface area contributed by atoms with Crippen molar-refractivity contribution in [3.8, 4) is 0 Å². The molecule has 3 unspecified atom stereocenters. The Bertz CT molecular complexity index is 1340. The Kier molecular flexibility index (Phi) is 5.39. The number of Topliss-reactive ketones (excluding diaryl/α,β-unsaturated/α-hetero) is 1. The van der Waals surface area contributed by atoms with E-state index >= 15 is 0 Å². The van der Waals surface area contributed by atoms with Gasteiger partial charge >= 0.3 is 0 Å². The van der Waals surface area contributed by atoms with E-state index in [0.29, 0.717) is 17.4 Å². The first-order valence-corrected chi connectivity index (χ1v) is 12.6. The second kappa shape index (κ2) is 8.50. The average molecular weight is 484 g/mol. The summed E-state index contributed by atoms with van der Waals surface area (Å²) < 4.78 is 13.3. The number of anilines is 1. The maximum atomic E-state index is 13.3. The van der Waals surface area contributed by atoms with Gasteiger partial charge in [0.25, 0.3) is 5.91 Å². The zero-order valence-electron chi connectivity index (χ0n) is 20.4. The van der Waals surface area contributed by atoms with Gasteiger partial charge in [0.15, 0.2) is 5.78 Å². The van der Waals surface area contributed by atoms with Crippen LogP contribution in [0.4, 0.5) is 10.1 Å². The number of hydrogen-bond acceptors (Lipinski definition) is 4. The molecule has 1 N–H and O–H groups in total. The summed E-state index contributed by atoms with van der Waals surface area (Å²) in [7, 11) is 0. The van der Waals surface area contributed by atoms with Gasteiger partial charge in [-0.2, -0.15) is 0 Å². The molecule has 1 radical (unpaired) electrons. The fraction of sp³-hybridized carbons (Fsp3) is 0.345. The Morgan fingerprint density at radius 2 is 1.97 bits per heavy atom. The first-order chi connectivity index (χ1) is 17.4. The molecule has 1 amide bonds. The average Bonchev–Trinajstić information content (AvgIpc) is 3.74. The summed E-state index contributed by atoms with van der Waals surface area (Å²) in [6.07, 6.45) is 10.3. The van der Waals surface area contributed by atoms with Gasteiger partial charge in [-0.15, -0.1) is 0 Å². The van der Waals surface area contributed by atoms with Crippen molar-refractivity contribution >= 4 is 23.2 Å². The quantitative estimate of drug-likeness (QED) is 0.460. The van der Waals surface area contributed by atoms with Crippen LogP contribution < -0.4 is 10.2 Å².